The molecule has 3 aromatic rings. The van der Waals surface area contributed by atoms with Crippen LogP contribution in [0.3, 0.4) is 0 Å². The highest BCUT2D eigenvalue weighted by Crippen LogP contribution is 2.38. The van der Waals surface area contributed by atoms with E-state index in [1.165, 1.54) is 11.3 Å². The molecule has 2 unspecified atom stereocenters. The minimum atomic E-state index is -0.754. The van der Waals surface area contributed by atoms with Crippen molar-refractivity contribution < 1.29 is 9.59 Å². The Morgan fingerprint density at radius 1 is 1.15 bits per heavy atom. The number of hydrogen-bond donors (Lipinski definition) is 0. The van der Waals surface area contributed by atoms with E-state index in [1.54, 1.807) is 6.20 Å². The number of thiazole rings is 1. The van der Waals surface area contributed by atoms with E-state index in [0.29, 0.717) is 17.1 Å². The summed E-state index contributed by atoms with van der Waals surface area (Å²) in [4.78, 5) is 35.4. The fourth-order valence-corrected chi connectivity index (χ4v) is 4.56. The number of hydrogen-bond acceptors (Lipinski definition) is 5. The van der Waals surface area contributed by atoms with E-state index in [2.05, 4.69) is 9.97 Å². The second kappa shape index (κ2) is 7.33. The molecular weight excluding hydrogens is 380 g/mol. The highest BCUT2D eigenvalue weighted by molar-refractivity contribution is 7.15. The van der Waals surface area contributed by atoms with E-state index in [4.69, 9.17) is 11.6 Å². The van der Waals surface area contributed by atoms with E-state index < -0.39 is 5.92 Å². The van der Waals surface area contributed by atoms with Gasteiger partial charge in [-0.3, -0.25) is 14.6 Å². The third-order valence-corrected chi connectivity index (χ3v) is 6.12. The van der Waals surface area contributed by atoms with Gasteiger partial charge in [0, 0.05) is 39.7 Å². The first-order chi connectivity index (χ1) is 13.0. The number of aromatic nitrogens is 2. The van der Waals surface area contributed by atoms with Gasteiger partial charge in [-0.2, -0.15) is 0 Å². The van der Waals surface area contributed by atoms with Crippen molar-refractivity contribution in [2.24, 2.45) is 5.92 Å². The zero-order chi connectivity index (χ0) is 19.0. The zero-order valence-electron chi connectivity index (χ0n) is 14.7. The number of Topliss-reactive ketones (excluding diaryl/α,β-unsaturated/α-hetero) is 2. The van der Waals surface area contributed by atoms with Crippen molar-refractivity contribution in [3.8, 4) is 10.6 Å². The minimum absolute atomic E-state index is 0.0401. The molecule has 0 radical (unpaired) electrons. The van der Waals surface area contributed by atoms with E-state index in [1.807, 2.05) is 49.4 Å². The van der Waals surface area contributed by atoms with Gasteiger partial charge in [-0.05, 0) is 37.6 Å². The molecule has 4 rings (SSSR count). The average Bonchev–Trinajstić information content (AvgIpc) is 3.16. The van der Waals surface area contributed by atoms with E-state index in [9.17, 15) is 9.59 Å². The van der Waals surface area contributed by atoms with Gasteiger partial charge in [0.25, 0.3) is 0 Å². The molecule has 1 fully saturated rings. The van der Waals surface area contributed by atoms with Crippen LogP contribution in [0.15, 0.2) is 48.7 Å². The van der Waals surface area contributed by atoms with Crippen LogP contribution in [0.4, 0.5) is 0 Å². The summed E-state index contributed by atoms with van der Waals surface area (Å²) in [7, 11) is 0. The largest absolute Gasteiger partial charge is 0.298 e. The van der Waals surface area contributed by atoms with Crippen molar-refractivity contribution >= 4 is 34.5 Å². The van der Waals surface area contributed by atoms with Crippen molar-refractivity contribution in [3.05, 3.63) is 69.9 Å². The molecule has 2 heterocycles. The van der Waals surface area contributed by atoms with Gasteiger partial charge in [0.2, 0.25) is 0 Å². The summed E-state index contributed by atoms with van der Waals surface area (Å²) < 4.78 is 0. The summed E-state index contributed by atoms with van der Waals surface area (Å²) in [6.45, 7) is 1.92. The highest BCUT2D eigenvalue weighted by Gasteiger charge is 2.44. The van der Waals surface area contributed by atoms with Crippen LogP contribution in [0.25, 0.3) is 10.6 Å². The Balaban J connectivity index is 1.60. The molecule has 4 nitrogen and oxygen atoms in total. The maximum atomic E-state index is 13.0. The van der Waals surface area contributed by atoms with Crippen molar-refractivity contribution in [1.29, 1.82) is 0 Å². The lowest BCUT2D eigenvalue weighted by molar-refractivity contribution is -0.124. The first kappa shape index (κ1) is 18.0. The number of nitrogens with zero attached hydrogens (tertiary/aromatic N) is 2. The lowest BCUT2D eigenvalue weighted by Crippen LogP contribution is -2.18. The molecule has 1 aliphatic carbocycles. The van der Waals surface area contributed by atoms with Gasteiger partial charge in [-0.1, -0.05) is 29.8 Å². The summed E-state index contributed by atoms with van der Waals surface area (Å²) in [5.74, 6) is -1.16. The predicted molar refractivity (Wildman–Crippen MR) is 106 cm³/mol. The van der Waals surface area contributed by atoms with Crippen LogP contribution in [0, 0.1) is 12.8 Å². The highest BCUT2D eigenvalue weighted by atomic mass is 35.5. The first-order valence-electron chi connectivity index (χ1n) is 8.72. The summed E-state index contributed by atoms with van der Waals surface area (Å²) >= 11 is 7.45. The van der Waals surface area contributed by atoms with Crippen LogP contribution < -0.4 is 0 Å². The molecule has 2 atom stereocenters. The topological polar surface area (TPSA) is 59.9 Å². The smallest absolute Gasteiger partial charge is 0.153 e. The molecule has 136 valence electrons. The number of carbonyl (C=O) groups excluding carboxylic acids is 2. The predicted octanol–water partition coefficient (Wildman–Crippen LogP) is 4.65. The van der Waals surface area contributed by atoms with Crippen molar-refractivity contribution in [2.75, 3.05) is 0 Å². The van der Waals surface area contributed by atoms with E-state index >= 15 is 0 Å². The Hall–Kier alpha value is -2.37. The number of benzene rings is 1. The van der Waals surface area contributed by atoms with Gasteiger partial charge in [0.1, 0.15) is 16.7 Å². The lowest BCUT2D eigenvalue weighted by Gasteiger charge is -2.08. The third kappa shape index (κ3) is 3.57. The van der Waals surface area contributed by atoms with Gasteiger partial charge >= 0.3 is 0 Å². The summed E-state index contributed by atoms with van der Waals surface area (Å²) in [6, 6.07) is 13.0. The number of halogens is 1. The quantitative estimate of drug-likeness (QED) is 0.602. The van der Waals surface area contributed by atoms with Gasteiger partial charge in [-0.15, -0.1) is 11.3 Å². The molecule has 0 N–H and O–H groups in total. The van der Waals surface area contributed by atoms with Crippen LogP contribution in [0.1, 0.15) is 28.6 Å². The molecule has 27 heavy (non-hydrogen) atoms. The maximum Gasteiger partial charge on any atom is 0.153 e. The summed E-state index contributed by atoms with van der Waals surface area (Å²) in [5.41, 5.74) is 2.37. The Morgan fingerprint density at radius 2 is 1.93 bits per heavy atom. The number of ketones is 2. The van der Waals surface area contributed by atoms with Gasteiger partial charge in [0.05, 0.1) is 5.69 Å². The maximum absolute atomic E-state index is 13.0. The number of rotatable bonds is 4. The molecule has 1 aromatic carbocycles. The molecule has 0 bridgehead atoms. The molecule has 1 aliphatic rings. The standard InChI is InChI=1S/C21H17ClN2O2S/c1-12-19(24-21(27-12)13-5-7-15(22)8-6-13)18-17(25)11-14(20(18)26)10-16-4-2-3-9-23-16/h2-9,14,18H,10-11H2,1H3. The second-order valence-corrected chi connectivity index (χ2v) is 8.33. The monoisotopic (exact) mass is 396 g/mol. The average molecular weight is 397 g/mol. The minimum Gasteiger partial charge on any atom is -0.298 e. The van der Waals surface area contributed by atoms with E-state index in [0.717, 1.165) is 21.1 Å². The van der Waals surface area contributed by atoms with Crippen LogP contribution in [-0.2, 0) is 16.0 Å². The van der Waals surface area contributed by atoms with Crippen molar-refractivity contribution in [2.45, 2.75) is 25.7 Å². The molecule has 0 saturated heterocycles. The van der Waals surface area contributed by atoms with Crippen LogP contribution in [-0.4, -0.2) is 21.5 Å². The second-order valence-electron chi connectivity index (χ2n) is 6.70. The van der Waals surface area contributed by atoms with Gasteiger partial charge in [0.15, 0.2) is 5.78 Å². The number of aryl methyl sites for hydroxylation is 1. The Morgan fingerprint density at radius 3 is 2.63 bits per heavy atom. The fraction of sp³-hybridized carbons (Fsp3) is 0.238. The molecular formula is C21H17ClN2O2S. The molecule has 0 spiro atoms. The Bertz CT molecular complexity index is 999. The van der Waals surface area contributed by atoms with Crippen molar-refractivity contribution in [3.63, 3.8) is 0 Å². The number of carbonyl (C=O) groups is 2. The van der Waals surface area contributed by atoms with Crippen LogP contribution >= 0.6 is 22.9 Å². The lowest BCUT2D eigenvalue weighted by atomic mass is 9.96. The summed E-state index contributed by atoms with van der Waals surface area (Å²) in [6.07, 6.45) is 2.46. The van der Waals surface area contributed by atoms with Gasteiger partial charge in [-0.25, -0.2) is 4.98 Å². The normalized spacial score (nSPS) is 19.6. The van der Waals surface area contributed by atoms with Gasteiger partial charge < -0.3 is 0 Å². The molecule has 2 aromatic heterocycles. The molecule has 0 amide bonds. The van der Waals surface area contributed by atoms with Crippen LogP contribution in [0.5, 0.6) is 0 Å². The Labute approximate surface area is 166 Å². The Kier molecular flexibility index (Phi) is 4.89. The first-order valence-corrected chi connectivity index (χ1v) is 9.92. The van der Waals surface area contributed by atoms with E-state index in [-0.39, 0.29) is 23.9 Å². The zero-order valence-corrected chi connectivity index (χ0v) is 16.3. The SMILES string of the molecule is Cc1sc(-c2ccc(Cl)cc2)nc1C1C(=O)CC(Cc2ccccn2)C1=O. The molecule has 6 heteroatoms. The van der Waals surface area contributed by atoms with Crippen molar-refractivity contribution in [1.82, 2.24) is 9.97 Å². The van der Waals surface area contributed by atoms with Crippen LogP contribution in [0.2, 0.25) is 5.02 Å². The third-order valence-electron chi connectivity index (χ3n) is 4.84. The molecule has 0 aliphatic heterocycles. The summed E-state index contributed by atoms with van der Waals surface area (Å²) in [5, 5.41) is 1.46. The number of pyridine rings is 1. The molecule has 1 saturated carbocycles. The fourth-order valence-electron chi connectivity index (χ4n) is 3.48.